The lowest BCUT2D eigenvalue weighted by molar-refractivity contribution is -0.116. The minimum atomic E-state index is -1.14. The van der Waals surface area contributed by atoms with Gasteiger partial charge in [0.15, 0.2) is 12.4 Å². The van der Waals surface area contributed by atoms with Crippen LogP contribution in [-0.4, -0.2) is 36.5 Å². The third-order valence-electron chi connectivity index (χ3n) is 3.26. The van der Waals surface area contributed by atoms with E-state index in [0.717, 1.165) is 4.47 Å². The quantitative estimate of drug-likeness (QED) is 0.607. The number of benzene rings is 1. The van der Waals surface area contributed by atoms with Gasteiger partial charge in [-0.1, -0.05) is 15.9 Å². The summed E-state index contributed by atoms with van der Waals surface area (Å²) < 4.78 is 9.33. The van der Waals surface area contributed by atoms with Crippen LogP contribution >= 0.6 is 15.9 Å². The van der Waals surface area contributed by atoms with Gasteiger partial charge in [-0.3, -0.25) is 9.48 Å². The molecule has 0 radical (unpaired) electrons. The van der Waals surface area contributed by atoms with Crippen LogP contribution in [0.15, 0.2) is 53.4 Å². The highest BCUT2D eigenvalue weighted by Gasteiger charge is 2.10. The Bertz CT molecular complexity index is 919. The molecule has 0 saturated carbocycles. The van der Waals surface area contributed by atoms with Crippen LogP contribution in [0.1, 0.15) is 10.5 Å². The van der Waals surface area contributed by atoms with Gasteiger partial charge in [-0.2, -0.15) is 10.2 Å². The Morgan fingerprint density at radius 1 is 1.19 bits per heavy atom. The third-order valence-corrected chi connectivity index (χ3v) is 3.79. The molecule has 26 heavy (non-hydrogen) atoms. The van der Waals surface area contributed by atoms with Crippen LogP contribution in [0.4, 0.5) is 5.69 Å². The number of carboxylic acid groups (broad SMARTS) is 1. The molecule has 10 heteroatoms. The minimum Gasteiger partial charge on any atom is -0.476 e. The van der Waals surface area contributed by atoms with Crippen molar-refractivity contribution >= 4 is 33.5 Å². The van der Waals surface area contributed by atoms with Crippen LogP contribution in [0.25, 0.3) is 0 Å². The highest BCUT2D eigenvalue weighted by molar-refractivity contribution is 9.10. The summed E-state index contributed by atoms with van der Waals surface area (Å²) in [5.74, 6) is -0.795. The average molecular weight is 420 g/mol. The van der Waals surface area contributed by atoms with Gasteiger partial charge in [-0.05, 0) is 30.3 Å². The van der Waals surface area contributed by atoms with E-state index in [1.54, 1.807) is 6.20 Å². The first-order valence-corrected chi connectivity index (χ1v) is 8.26. The zero-order valence-corrected chi connectivity index (χ0v) is 15.0. The summed E-state index contributed by atoms with van der Waals surface area (Å²) in [7, 11) is 0. The Kier molecular flexibility index (Phi) is 5.32. The number of anilines is 1. The third kappa shape index (κ3) is 4.70. The van der Waals surface area contributed by atoms with Crippen LogP contribution in [0, 0.1) is 0 Å². The number of aromatic carboxylic acids is 1. The number of carbonyl (C=O) groups is 2. The second kappa shape index (κ2) is 7.83. The number of halogens is 1. The van der Waals surface area contributed by atoms with Gasteiger partial charge in [0.1, 0.15) is 12.3 Å². The Morgan fingerprint density at radius 3 is 2.65 bits per heavy atom. The molecule has 1 amide bonds. The molecule has 0 unspecified atom stereocenters. The van der Waals surface area contributed by atoms with Crippen LogP contribution in [0.2, 0.25) is 0 Å². The number of nitrogens with one attached hydrogen (secondary N) is 1. The van der Waals surface area contributed by atoms with E-state index in [1.807, 2.05) is 24.3 Å². The predicted octanol–water partition coefficient (Wildman–Crippen LogP) is 2.22. The Morgan fingerprint density at radius 2 is 1.96 bits per heavy atom. The molecule has 0 aliphatic rings. The van der Waals surface area contributed by atoms with E-state index >= 15 is 0 Å². The Balaban J connectivity index is 1.51. The molecule has 0 atom stereocenters. The van der Waals surface area contributed by atoms with E-state index < -0.39 is 5.97 Å². The molecule has 2 N–H and O–H groups in total. The summed E-state index contributed by atoms with van der Waals surface area (Å²) in [6.07, 6.45) is 4.55. The number of hydrogen-bond donors (Lipinski definition) is 2. The van der Waals surface area contributed by atoms with Gasteiger partial charge in [-0.25, -0.2) is 9.48 Å². The summed E-state index contributed by atoms with van der Waals surface area (Å²) in [4.78, 5) is 22.8. The van der Waals surface area contributed by atoms with Crippen molar-refractivity contribution in [2.75, 3.05) is 5.32 Å². The molecule has 2 aromatic heterocycles. The first-order valence-electron chi connectivity index (χ1n) is 7.47. The van der Waals surface area contributed by atoms with Crippen molar-refractivity contribution in [3.8, 4) is 5.75 Å². The molecule has 0 saturated heterocycles. The zero-order chi connectivity index (χ0) is 18.5. The number of ether oxygens (including phenoxy) is 1. The topological polar surface area (TPSA) is 111 Å². The summed E-state index contributed by atoms with van der Waals surface area (Å²) in [6.45, 7) is 0.0898. The van der Waals surface area contributed by atoms with Crippen molar-refractivity contribution in [2.45, 2.75) is 13.3 Å². The average Bonchev–Trinajstić information content (AvgIpc) is 3.24. The maximum Gasteiger partial charge on any atom is 0.356 e. The van der Waals surface area contributed by atoms with E-state index in [4.69, 9.17) is 9.84 Å². The fraction of sp³-hybridized carbons (Fsp3) is 0.125. The molecule has 134 valence electrons. The summed E-state index contributed by atoms with van der Waals surface area (Å²) in [5.41, 5.74) is 0.385. The highest BCUT2D eigenvalue weighted by Crippen LogP contribution is 2.16. The van der Waals surface area contributed by atoms with Crippen molar-refractivity contribution in [3.63, 3.8) is 0 Å². The number of carbonyl (C=O) groups excluding carboxylic acids is 1. The number of aromatic nitrogens is 4. The van der Waals surface area contributed by atoms with Crippen LogP contribution in [-0.2, 0) is 18.1 Å². The molecule has 0 bridgehead atoms. The van der Waals surface area contributed by atoms with Crippen molar-refractivity contribution in [1.29, 1.82) is 0 Å². The van der Waals surface area contributed by atoms with Gasteiger partial charge in [-0.15, -0.1) is 0 Å². The largest absolute Gasteiger partial charge is 0.476 e. The number of hydrogen-bond acceptors (Lipinski definition) is 5. The molecule has 3 aromatic rings. The van der Waals surface area contributed by atoms with E-state index in [0.29, 0.717) is 11.4 Å². The standard InChI is InChI=1S/C16H14BrN5O4/c17-11-1-3-13(4-2-11)26-10-22-8-12(7-18-22)19-15(23)9-21-6-5-14(20-21)16(24)25/h1-8H,9-10H2,(H,19,23)(H,24,25). The van der Waals surface area contributed by atoms with Crippen molar-refractivity contribution in [3.05, 3.63) is 59.1 Å². The predicted molar refractivity (Wildman–Crippen MR) is 94.8 cm³/mol. The number of carboxylic acids is 1. The fourth-order valence-corrected chi connectivity index (χ4v) is 2.35. The lowest BCUT2D eigenvalue weighted by atomic mass is 10.3. The van der Waals surface area contributed by atoms with E-state index in [1.165, 1.54) is 27.8 Å². The summed E-state index contributed by atoms with van der Waals surface area (Å²) in [6, 6.07) is 8.72. The zero-order valence-electron chi connectivity index (χ0n) is 13.4. The van der Waals surface area contributed by atoms with Crippen LogP contribution < -0.4 is 10.1 Å². The van der Waals surface area contributed by atoms with Gasteiger partial charge >= 0.3 is 5.97 Å². The number of nitrogens with zero attached hydrogens (tertiary/aromatic N) is 4. The first kappa shape index (κ1) is 17.7. The molecule has 1 aromatic carbocycles. The van der Waals surface area contributed by atoms with Crippen molar-refractivity contribution < 1.29 is 19.4 Å². The van der Waals surface area contributed by atoms with Gasteiger partial charge in [0.25, 0.3) is 0 Å². The monoisotopic (exact) mass is 419 g/mol. The van der Waals surface area contributed by atoms with Gasteiger partial charge in [0, 0.05) is 10.7 Å². The van der Waals surface area contributed by atoms with Gasteiger partial charge in [0.05, 0.1) is 18.1 Å². The lowest BCUT2D eigenvalue weighted by Crippen LogP contribution is -2.19. The summed E-state index contributed by atoms with van der Waals surface area (Å²) in [5, 5.41) is 19.4. The smallest absolute Gasteiger partial charge is 0.356 e. The van der Waals surface area contributed by atoms with Crippen LogP contribution in [0.5, 0.6) is 5.75 Å². The van der Waals surface area contributed by atoms with E-state index in [2.05, 4.69) is 31.4 Å². The summed E-state index contributed by atoms with van der Waals surface area (Å²) >= 11 is 3.35. The lowest BCUT2D eigenvalue weighted by Gasteiger charge is -2.06. The maximum atomic E-state index is 12.0. The molecule has 0 spiro atoms. The Hall–Kier alpha value is -3.14. The Labute approximate surface area is 156 Å². The second-order valence-corrected chi connectivity index (χ2v) is 6.16. The number of rotatable bonds is 7. The molecular formula is C16H14BrN5O4. The van der Waals surface area contributed by atoms with Crippen molar-refractivity contribution in [1.82, 2.24) is 19.6 Å². The second-order valence-electron chi connectivity index (χ2n) is 5.25. The first-order chi connectivity index (χ1) is 12.5. The van der Waals surface area contributed by atoms with E-state index in [-0.39, 0.29) is 24.9 Å². The molecule has 0 fully saturated rings. The fourth-order valence-electron chi connectivity index (χ4n) is 2.08. The molecule has 9 nitrogen and oxygen atoms in total. The normalized spacial score (nSPS) is 10.5. The molecule has 3 rings (SSSR count). The van der Waals surface area contributed by atoms with E-state index in [9.17, 15) is 9.59 Å². The maximum absolute atomic E-state index is 12.0. The highest BCUT2D eigenvalue weighted by atomic mass is 79.9. The minimum absolute atomic E-state index is 0.103. The number of amides is 1. The van der Waals surface area contributed by atoms with Gasteiger partial charge in [0.2, 0.25) is 5.91 Å². The SMILES string of the molecule is O=C(Cn1ccc(C(=O)O)n1)Nc1cnn(COc2ccc(Br)cc2)c1. The molecular weight excluding hydrogens is 406 g/mol. The molecule has 0 aliphatic heterocycles. The van der Waals surface area contributed by atoms with Gasteiger partial charge < -0.3 is 15.2 Å². The molecule has 0 aliphatic carbocycles. The van der Waals surface area contributed by atoms with Crippen LogP contribution in [0.3, 0.4) is 0 Å². The molecule has 2 heterocycles. The van der Waals surface area contributed by atoms with Crippen molar-refractivity contribution in [2.24, 2.45) is 0 Å².